The number of amides is 2. The van der Waals surface area contributed by atoms with Crippen LogP contribution in [0.2, 0.25) is 0 Å². The molecule has 0 saturated carbocycles. The van der Waals surface area contributed by atoms with Crippen LogP contribution in [0.3, 0.4) is 0 Å². The molecule has 2 amide bonds. The molecule has 0 atom stereocenters. The maximum absolute atomic E-state index is 12.5. The Labute approximate surface area is 181 Å². The average Bonchev–Trinajstić information content (AvgIpc) is 3.33. The molecule has 170 valence electrons. The second-order valence-electron chi connectivity index (χ2n) is 7.28. The molecule has 0 N–H and O–H groups in total. The predicted octanol–water partition coefficient (Wildman–Crippen LogP) is 0.929. The average molecular weight is 454 g/mol. The van der Waals surface area contributed by atoms with Gasteiger partial charge in [0.05, 0.1) is 17.1 Å². The van der Waals surface area contributed by atoms with Crippen LogP contribution in [-0.2, 0) is 24.3 Å². The van der Waals surface area contributed by atoms with Gasteiger partial charge in [0.25, 0.3) is 5.91 Å². The van der Waals surface area contributed by atoms with Crippen LogP contribution >= 0.6 is 0 Å². The van der Waals surface area contributed by atoms with Gasteiger partial charge in [-0.1, -0.05) is 0 Å². The van der Waals surface area contributed by atoms with Crippen LogP contribution in [0, 0.1) is 0 Å². The number of ether oxygens (including phenoxy) is 2. The number of sulfonamides is 1. The van der Waals surface area contributed by atoms with Crippen LogP contribution in [-0.4, -0.2) is 93.0 Å². The number of piperazine rings is 1. The van der Waals surface area contributed by atoms with Gasteiger partial charge < -0.3 is 19.3 Å². The summed E-state index contributed by atoms with van der Waals surface area (Å²) in [4.78, 5) is 39.4. The highest BCUT2D eigenvalue weighted by molar-refractivity contribution is 7.89. The Morgan fingerprint density at radius 1 is 0.871 bits per heavy atom. The van der Waals surface area contributed by atoms with Crippen LogP contribution in [0.5, 0.6) is 0 Å². The minimum atomic E-state index is -3.55. The van der Waals surface area contributed by atoms with Gasteiger partial charge in [-0.3, -0.25) is 4.79 Å². The van der Waals surface area contributed by atoms with Crippen molar-refractivity contribution >= 4 is 28.0 Å². The molecule has 0 spiro atoms. The number of esters is 1. The molecule has 1 aromatic rings. The number of rotatable bonds is 6. The summed E-state index contributed by atoms with van der Waals surface area (Å²) < 4.78 is 36.5. The molecular weight excluding hydrogens is 426 g/mol. The van der Waals surface area contributed by atoms with E-state index in [0.717, 1.165) is 12.8 Å². The highest BCUT2D eigenvalue weighted by Gasteiger charge is 2.28. The van der Waals surface area contributed by atoms with Gasteiger partial charge in [0, 0.05) is 39.3 Å². The fourth-order valence-corrected chi connectivity index (χ4v) is 5.01. The number of hydrogen-bond acceptors (Lipinski definition) is 7. The zero-order valence-corrected chi connectivity index (χ0v) is 18.3. The summed E-state index contributed by atoms with van der Waals surface area (Å²) in [6.07, 6.45) is 1.28. The molecule has 2 aliphatic rings. The summed E-state index contributed by atoms with van der Waals surface area (Å²) in [6, 6.07) is 5.52. The van der Waals surface area contributed by atoms with Crippen molar-refractivity contribution in [3.8, 4) is 0 Å². The van der Waals surface area contributed by atoms with Crippen molar-refractivity contribution in [2.24, 2.45) is 0 Å². The lowest BCUT2D eigenvalue weighted by molar-refractivity contribution is -0.136. The number of benzene rings is 1. The third-order valence-corrected chi connectivity index (χ3v) is 7.19. The molecule has 2 heterocycles. The van der Waals surface area contributed by atoms with Gasteiger partial charge in [-0.2, -0.15) is 4.31 Å². The van der Waals surface area contributed by atoms with Crippen LogP contribution in [0.25, 0.3) is 0 Å². The Kier molecular flexibility index (Phi) is 7.50. The molecule has 11 heteroatoms. The molecule has 1 aromatic carbocycles. The standard InChI is InChI=1S/C20H27N3O7S/c1-2-29-20(26)22-13-11-21(12-14-22)18(24)15-30-19(25)16-5-7-17(8-6-16)31(27,28)23-9-3-4-10-23/h5-8H,2-4,9-15H2,1H3. The molecule has 0 radical (unpaired) electrons. The van der Waals surface area contributed by atoms with E-state index in [0.29, 0.717) is 45.9 Å². The fourth-order valence-electron chi connectivity index (χ4n) is 3.50. The Morgan fingerprint density at radius 3 is 2.03 bits per heavy atom. The molecule has 2 fully saturated rings. The van der Waals surface area contributed by atoms with Crippen LogP contribution in [0.15, 0.2) is 29.2 Å². The first-order valence-corrected chi connectivity index (χ1v) is 11.7. The zero-order valence-electron chi connectivity index (χ0n) is 17.5. The zero-order chi connectivity index (χ0) is 22.4. The maximum Gasteiger partial charge on any atom is 0.409 e. The minimum absolute atomic E-state index is 0.126. The molecule has 31 heavy (non-hydrogen) atoms. The molecule has 2 saturated heterocycles. The normalized spacial score (nSPS) is 17.5. The van der Waals surface area contributed by atoms with Gasteiger partial charge in [-0.05, 0) is 44.0 Å². The summed E-state index contributed by atoms with van der Waals surface area (Å²) >= 11 is 0. The SMILES string of the molecule is CCOC(=O)N1CCN(C(=O)COC(=O)c2ccc(S(=O)(=O)N3CCCC3)cc2)CC1. The second kappa shape index (κ2) is 10.1. The first-order valence-electron chi connectivity index (χ1n) is 10.3. The van der Waals surface area contributed by atoms with Gasteiger partial charge >= 0.3 is 12.1 Å². The molecule has 0 aromatic heterocycles. The molecular formula is C20H27N3O7S. The Morgan fingerprint density at radius 2 is 1.45 bits per heavy atom. The van der Waals surface area contributed by atoms with Gasteiger partial charge in [-0.15, -0.1) is 0 Å². The molecule has 0 bridgehead atoms. The first-order chi connectivity index (χ1) is 14.8. The maximum atomic E-state index is 12.5. The lowest BCUT2D eigenvalue weighted by Gasteiger charge is -2.33. The van der Waals surface area contributed by atoms with Gasteiger partial charge in [0.1, 0.15) is 0 Å². The minimum Gasteiger partial charge on any atom is -0.452 e. The van der Waals surface area contributed by atoms with Crippen LogP contribution in [0.4, 0.5) is 4.79 Å². The Hall–Kier alpha value is -2.66. The Bertz CT molecular complexity index is 903. The van der Waals surface area contributed by atoms with Crippen molar-refractivity contribution < 1.29 is 32.3 Å². The van der Waals surface area contributed by atoms with Gasteiger partial charge in [-0.25, -0.2) is 18.0 Å². The van der Waals surface area contributed by atoms with E-state index >= 15 is 0 Å². The summed E-state index contributed by atoms with van der Waals surface area (Å²) in [7, 11) is -3.55. The smallest absolute Gasteiger partial charge is 0.409 e. The third-order valence-electron chi connectivity index (χ3n) is 5.28. The monoisotopic (exact) mass is 453 g/mol. The van der Waals surface area contributed by atoms with E-state index in [4.69, 9.17) is 9.47 Å². The largest absolute Gasteiger partial charge is 0.452 e. The summed E-state index contributed by atoms with van der Waals surface area (Å²) in [6.45, 7) is 3.97. The Balaban J connectivity index is 1.48. The van der Waals surface area contributed by atoms with Crippen LogP contribution in [0.1, 0.15) is 30.1 Å². The quantitative estimate of drug-likeness (QED) is 0.589. The van der Waals surface area contributed by atoms with Crippen molar-refractivity contribution in [3.05, 3.63) is 29.8 Å². The molecule has 10 nitrogen and oxygen atoms in total. The van der Waals surface area contributed by atoms with E-state index in [1.807, 2.05) is 0 Å². The summed E-state index contributed by atoms with van der Waals surface area (Å²) in [5.41, 5.74) is 0.167. The van der Waals surface area contributed by atoms with E-state index in [9.17, 15) is 22.8 Å². The molecule has 0 unspecified atom stereocenters. The lowest BCUT2D eigenvalue weighted by atomic mass is 10.2. The highest BCUT2D eigenvalue weighted by Crippen LogP contribution is 2.21. The number of carbonyl (C=O) groups excluding carboxylic acids is 3. The molecule has 2 aliphatic heterocycles. The summed E-state index contributed by atoms with van der Waals surface area (Å²) in [5.74, 6) is -1.06. The first kappa shape index (κ1) is 23.0. The fraction of sp³-hybridized carbons (Fsp3) is 0.550. The van der Waals surface area contributed by atoms with Crippen molar-refractivity contribution in [1.82, 2.24) is 14.1 Å². The van der Waals surface area contributed by atoms with Crippen LogP contribution < -0.4 is 0 Å². The number of hydrogen-bond donors (Lipinski definition) is 0. The third kappa shape index (κ3) is 5.53. The van der Waals surface area contributed by atoms with Crippen molar-refractivity contribution in [1.29, 1.82) is 0 Å². The van der Waals surface area contributed by atoms with E-state index in [-0.39, 0.29) is 16.4 Å². The molecule has 0 aliphatic carbocycles. The van der Waals surface area contributed by atoms with Gasteiger partial charge in [0.2, 0.25) is 10.0 Å². The van der Waals surface area contributed by atoms with Gasteiger partial charge in [0.15, 0.2) is 6.61 Å². The topological polar surface area (TPSA) is 114 Å². The van der Waals surface area contributed by atoms with Crippen molar-refractivity contribution in [2.75, 3.05) is 52.5 Å². The second-order valence-corrected chi connectivity index (χ2v) is 9.22. The van der Waals surface area contributed by atoms with E-state index in [1.54, 1.807) is 6.92 Å². The van der Waals surface area contributed by atoms with E-state index in [2.05, 4.69) is 0 Å². The number of nitrogens with zero attached hydrogens (tertiary/aromatic N) is 3. The summed E-state index contributed by atoms with van der Waals surface area (Å²) in [5, 5.41) is 0. The predicted molar refractivity (Wildman–Crippen MR) is 110 cm³/mol. The molecule has 3 rings (SSSR count). The highest BCUT2D eigenvalue weighted by atomic mass is 32.2. The number of carbonyl (C=O) groups is 3. The van der Waals surface area contributed by atoms with Crippen molar-refractivity contribution in [3.63, 3.8) is 0 Å². The van der Waals surface area contributed by atoms with Crippen molar-refractivity contribution in [2.45, 2.75) is 24.7 Å². The van der Waals surface area contributed by atoms with E-state index < -0.39 is 28.7 Å². The lowest BCUT2D eigenvalue weighted by Crippen LogP contribution is -2.51. The van der Waals surface area contributed by atoms with E-state index in [1.165, 1.54) is 38.4 Å².